The molecule has 0 bridgehead atoms. The maximum atomic E-state index is 6.35. The molecular formula is C16H25N. The summed E-state index contributed by atoms with van der Waals surface area (Å²) in [6.45, 7) is 2.24. The van der Waals surface area contributed by atoms with Gasteiger partial charge in [0.1, 0.15) is 0 Å². The zero-order chi connectivity index (χ0) is 12.1. The average molecular weight is 231 g/mol. The molecule has 0 unspecified atom stereocenters. The van der Waals surface area contributed by atoms with E-state index in [0.29, 0.717) is 0 Å². The van der Waals surface area contributed by atoms with Gasteiger partial charge in [-0.25, -0.2) is 0 Å². The van der Waals surface area contributed by atoms with Crippen LogP contribution in [0.4, 0.5) is 5.69 Å². The number of anilines is 1. The molecule has 2 rings (SSSR count). The van der Waals surface area contributed by atoms with Crippen molar-refractivity contribution in [3.05, 3.63) is 29.3 Å². The van der Waals surface area contributed by atoms with Crippen LogP contribution in [-0.4, -0.2) is 0 Å². The fraction of sp³-hybridized carbons (Fsp3) is 0.625. The highest BCUT2D eigenvalue weighted by Crippen LogP contribution is 2.36. The van der Waals surface area contributed by atoms with Crippen LogP contribution in [0.1, 0.15) is 68.9 Å². The molecule has 1 nitrogen and oxygen atoms in total. The van der Waals surface area contributed by atoms with E-state index in [1.165, 1.54) is 56.1 Å². The molecule has 0 aromatic heterocycles. The molecule has 1 aliphatic rings. The Kier molecular flexibility index (Phi) is 4.47. The monoisotopic (exact) mass is 231 g/mol. The van der Waals surface area contributed by atoms with Gasteiger partial charge >= 0.3 is 0 Å². The first-order chi connectivity index (χ1) is 8.33. The topological polar surface area (TPSA) is 26.0 Å². The third kappa shape index (κ3) is 3.02. The highest BCUT2D eigenvalue weighted by atomic mass is 14.6. The summed E-state index contributed by atoms with van der Waals surface area (Å²) >= 11 is 0. The second-order valence-corrected chi connectivity index (χ2v) is 5.36. The summed E-state index contributed by atoms with van der Waals surface area (Å²) in [5, 5.41) is 0. The molecule has 1 aliphatic carbocycles. The Balaban J connectivity index is 2.15. The maximum Gasteiger partial charge on any atom is 0.0381 e. The minimum absolute atomic E-state index is 0.727. The number of hydrogen-bond donors (Lipinski definition) is 1. The van der Waals surface area contributed by atoms with Crippen molar-refractivity contribution in [1.82, 2.24) is 0 Å². The first-order valence-electron chi connectivity index (χ1n) is 7.20. The number of unbranched alkanes of at least 4 members (excludes halogenated alkanes) is 1. The van der Waals surface area contributed by atoms with Gasteiger partial charge in [-0.05, 0) is 42.7 Å². The van der Waals surface area contributed by atoms with Gasteiger partial charge in [0, 0.05) is 5.69 Å². The zero-order valence-electron chi connectivity index (χ0n) is 11.0. The van der Waals surface area contributed by atoms with Crippen LogP contribution >= 0.6 is 0 Å². The first kappa shape index (κ1) is 12.5. The third-order valence-electron chi connectivity index (χ3n) is 4.07. The zero-order valence-corrected chi connectivity index (χ0v) is 11.0. The molecule has 94 valence electrons. The van der Waals surface area contributed by atoms with Gasteiger partial charge in [0.25, 0.3) is 0 Å². The van der Waals surface area contributed by atoms with Crippen LogP contribution in [-0.2, 0) is 6.42 Å². The van der Waals surface area contributed by atoms with Gasteiger partial charge in [0.05, 0.1) is 0 Å². The van der Waals surface area contributed by atoms with E-state index >= 15 is 0 Å². The number of benzene rings is 1. The van der Waals surface area contributed by atoms with Crippen molar-refractivity contribution in [3.8, 4) is 0 Å². The Morgan fingerprint density at radius 3 is 2.65 bits per heavy atom. The van der Waals surface area contributed by atoms with Crippen molar-refractivity contribution in [3.63, 3.8) is 0 Å². The highest BCUT2D eigenvalue weighted by Gasteiger charge is 2.18. The van der Waals surface area contributed by atoms with Gasteiger partial charge in [-0.15, -0.1) is 0 Å². The highest BCUT2D eigenvalue weighted by molar-refractivity contribution is 5.55. The summed E-state index contributed by atoms with van der Waals surface area (Å²) in [7, 11) is 0. The van der Waals surface area contributed by atoms with Gasteiger partial charge in [-0.1, -0.05) is 50.8 Å². The molecule has 0 atom stereocenters. The lowest BCUT2D eigenvalue weighted by Crippen LogP contribution is -2.09. The molecule has 17 heavy (non-hydrogen) atoms. The molecule has 0 amide bonds. The van der Waals surface area contributed by atoms with Crippen LogP contribution in [0.25, 0.3) is 0 Å². The van der Waals surface area contributed by atoms with E-state index in [9.17, 15) is 0 Å². The van der Waals surface area contributed by atoms with E-state index < -0.39 is 0 Å². The second kappa shape index (κ2) is 6.09. The van der Waals surface area contributed by atoms with E-state index in [1.807, 2.05) is 0 Å². The first-order valence-corrected chi connectivity index (χ1v) is 7.20. The minimum atomic E-state index is 0.727. The summed E-state index contributed by atoms with van der Waals surface area (Å²) in [5.74, 6) is 0.727. The number of hydrogen-bond acceptors (Lipinski definition) is 1. The fourth-order valence-electron chi connectivity index (χ4n) is 2.99. The van der Waals surface area contributed by atoms with Crippen LogP contribution in [0.5, 0.6) is 0 Å². The van der Waals surface area contributed by atoms with E-state index in [-0.39, 0.29) is 0 Å². The Bertz CT molecular complexity index is 351. The normalized spacial score (nSPS) is 17.2. The van der Waals surface area contributed by atoms with Crippen LogP contribution in [0.15, 0.2) is 18.2 Å². The van der Waals surface area contributed by atoms with E-state index in [0.717, 1.165) is 18.0 Å². The van der Waals surface area contributed by atoms with Crippen molar-refractivity contribution in [2.45, 2.75) is 64.2 Å². The van der Waals surface area contributed by atoms with Crippen molar-refractivity contribution >= 4 is 5.69 Å². The molecule has 0 aliphatic heterocycles. The molecule has 1 aromatic carbocycles. The minimum Gasteiger partial charge on any atom is -0.398 e. The molecule has 1 fully saturated rings. The third-order valence-corrected chi connectivity index (χ3v) is 4.07. The van der Waals surface area contributed by atoms with Crippen LogP contribution in [0.3, 0.4) is 0 Å². The molecule has 0 spiro atoms. The Morgan fingerprint density at radius 2 is 1.94 bits per heavy atom. The lowest BCUT2D eigenvalue weighted by molar-refractivity contribution is 0.444. The predicted molar refractivity (Wildman–Crippen MR) is 75.3 cm³/mol. The van der Waals surface area contributed by atoms with E-state index in [2.05, 4.69) is 25.1 Å². The summed E-state index contributed by atoms with van der Waals surface area (Å²) in [4.78, 5) is 0. The van der Waals surface area contributed by atoms with Crippen molar-refractivity contribution < 1.29 is 0 Å². The van der Waals surface area contributed by atoms with Gasteiger partial charge in [0.2, 0.25) is 0 Å². The lowest BCUT2D eigenvalue weighted by Gasteiger charge is -2.24. The molecule has 1 heteroatoms. The van der Waals surface area contributed by atoms with Gasteiger partial charge in [0.15, 0.2) is 0 Å². The van der Waals surface area contributed by atoms with Gasteiger partial charge in [-0.3, -0.25) is 0 Å². The molecule has 1 saturated carbocycles. The molecule has 0 radical (unpaired) electrons. The molecule has 0 saturated heterocycles. The predicted octanol–water partition coefficient (Wildman–Crippen LogP) is 4.66. The van der Waals surface area contributed by atoms with Crippen LogP contribution < -0.4 is 5.73 Å². The number of aryl methyl sites for hydroxylation is 1. The Morgan fingerprint density at radius 1 is 1.18 bits per heavy atom. The summed E-state index contributed by atoms with van der Waals surface area (Å²) in [5.41, 5.74) is 10.2. The smallest absolute Gasteiger partial charge is 0.0381 e. The number of para-hydroxylation sites is 1. The van der Waals surface area contributed by atoms with Crippen molar-refractivity contribution in [2.24, 2.45) is 0 Å². The quantitative estimate of drug-likeness (QED) is 0.749. The Labute approximate surface area is 105 Å². The average Bonchev–Trinajstić information content (AvgIpc) is 2.39. The largest absolute Gasteiger partial charge is 0.398 e. The number of rotatable bonds is 4. The molecular weight excluding hydrogens is 206 g/mol. The summed E-state index contributed by atoms with van der Waals surface area (Å²) in [6, 6.07) is 6.66. The van der Waals surface area contributed by atoms with Crippen LogP contribution in [0.2, 0.25) is 0 Å². The van der Waals surface area contributed by atoms with Crippen molar-refractivity contribution in [1.29, 1.82) is 0 Å². The second-order valence-electron chi connectivity index (χ2n) is 5.36. The fourth-order valence-corrected chi connectivity index (χ4v) is 2.99. The SMILES string of the molecule is CCCCc1cccc(C2CCCCC2)c1N. The maximum absolute atomic E-state index is 6.35. The van der Waals surface area contributed by atoms with Gasteiger partial charge in [-0.2, -0.15) is 0 Å². The number of nitrogen functional groups attached to an aromatic ring is 1. The van der Waals surface area contributed by atoms with Crippen LogP contribution in [0, 0.1) is 0 Å². The van der Waals surface area contributed by atoms with E-state index in [4.69, 9.17) is 5.73 Å². The number of nitrogens with two attached hydrogens (primary N) is 1. The summed E-state index contributed by atoms with van der Waals surface area (Å²) < 4.78 is 0. The standard InChI is InChI=1S/C16H25N/c1-2-3-8-14-11-7-12-15(16(14)17)13-9-5-4-6-10-13/h7,11-13H,2-6,8-10,17H2,1H3. The van der Waals surface area contributed by atoms with Crippen molar-refractivity contribution in [2.75, 3.05) is 5.73 Å². The Hall–Kier alpha value is -0.980. The summed E-state index contributed by atoms with van der Waals surface area (Å²) in [6.07, 6.45) is 10.5. The molecule has 1 aromatic rings. The lowest BCUT2D eigenvalue weighted by atomic mass is 9.82. The molecule has 0 heterocycles. The van der Waals surface area contributed by atoms with E-state index in [1.54, 1.807) is 0 Å². The van der Waals surface area contributed by atoms with Gasteiger partial charge < -0.3 is 5.73 Å². The molecule has 2 N–H and O–H groups in total.